The molecule has 1 saturated heterocycles. The molecule has 0 spiro atoms. The van der Waals surface area contributed by atoms with Gasteiger partial charge in [0.1, 0.15) is 6.07 Å². The van der Waals surface area contributed by atoms with Crippen LogP contribution in [0.25, 0.3) is 0 Å². The minimum Gasteiger partial charge on any atom is -0.382 e. The molecule has 0 aliphatic carbocycles. The van der Waals surface area contributed by atoms with Crippen LogP contribution in [0.3, 0.4) is 0 Å². The highest BCUT2D eigenvalue weighted by molar-refractivity contribution is 6.45. The number of hydrogen-bond acceptors (Lipinski definition) is 6. The maximum Gasteiger partial charge on any atom is 0.250 e. The summed E-state index contributed by atoms with van der Waals surface area (Å²) in [6, 6.07) is 6.73. The van der Waals surface area contributed by atoms with Crippen LogP contribution in [0.2, 0.25) is 0 Å². The summed E-state index contributed by atoms with van der Waals surface area (Å²) < 4.78 is 0. The Kier molecular flexibility index (Phi) is 4.58. The van der Waals surface area contributed by atoms with Crippen LogP contribution in [-0.2, 0) is 0 Å². The molecule has 1 fully saturated rings. The van der Waals surface area contributed by atoms with E-state index in [-0.39, 0.29) is 5.71 Å². The molecule has 0 bridgehead atoms. The zero-order valence-corrected chi connectivity index (χ0v) is 12.0. The van der Waals surface area contributed by atoms with Crippen molar-refractivity contribution < 1.29 is 4.79 Å². The lowest BCUT2D eigenvalue weighted by Gasteiger charge is -2.21. The smallest absolute Gasteiger partial charge is 0.250 e. The highest BCUT2D eigenvalue weighted by Crippen LogP contribution is 2.27. The molecule has 1 aliphatic heterocycles. The molecule has 0 atom stereocenters. The Labute approximate surface area is 127 Å². The van der Waals surface area contributed by atoms with E-state index in [1.165, 1.54) is 0 Å². The fourth-order valence-electron chi connectivity index (χ4n) is 2.30. The van der Waals surface area contributed by atoms with Gasteiger partial charge in [-0.3, -0.25) is 15.6 Å². The lowest BCUT2D eigenvalue weighted by Crippen LogP contribution is -2.23. The summed E-state index contributed by atoms with van der Waals surface area (Å²) in [6.07, 6.45) is 2.13. The van der Waals surface area contributed by atoms with Crippen LogP contribution in [0.4, 0.5) is 11.4 Å². The highest BCUT2D eigenvalue weighted by Gasteiger charge is 2.18. The number of anilines is 2. The van der Waals surface area contributed by atoms with E-state index >= 15 is 0 Å². The number of benzene rings is 1. The third-order valence-corrected chi connectivity index (χ3v) is 3.37. The topological polar surface area (TPSA) is 144 Å². The van der Waals surface area contributed by atoms with Crippen molar-refractivity contribution >= 4 is 28.8 Å². The molecule has 0 aromatic heterocycles. The number of nitrogens with two attached hydrogens (primary N) is 2. The van der Waals surface area contributed by atoms with Gasteiger partial charge in [0.15, 0.2) is 5.84 Å². The zero-order chi connectivity index (χ0) is 16.1. The van der Waals surface area contributed by atoms with E-state index in [0.717, 1.165) is 31.6 Å². The van der Waals surface area contributed by atoms with E-state index in [4.69, 9.17) is 22.1 Å². The summed E-state index contributed by atoms with van der Waals surface area (Å²) in [4.78, 5) is 13.6. The molecule has 2 rings (SSSR count). The Hall–Kier alpha value is -3.08. The Morgan fingerprint density at radius 3 is 2.59 bits per heavy atom. The summed E-state index contributed by atoms with van der Waals surface area (Å²) in [7, 11) is 0. The van der Waals surface area contributed by atoms with Gasteiger partial charge in [-0.25, -0.2) is 0 Å². The molecule has 1 heterocycles. The first kappa shape index (κ1) is 15.3. The summed E-state index contributed by atoms with van der Waals surface area (Å²) in [5.41, 5.74) is 14.9. The summed E-state index contributed by atoms with van der Waals surface area (Å²) in [6.45, 7) is 1.73. The highest BCUT2D eigenvalue weighted by atomic mass is 16.1. The molecule has 0 radical (unpaired) electrons. The van der Waals surface area contributed by atoms with Crippen LogP contribution in [0, 0.1) is 16.7 Å². The van der Waals surface area contributed by atoms with Crippen LogP contribution < -0.4 is 21.8 Å². The van der Waals surface area contributed by atoms with Gasteiger partial charge >= 0.3 is 0 Å². The molecule has 0 saturated carbocycles. The number of nitriles is 1. The van der Waals surface area contributed by atoms with Crippen molar-refractivity contribution in [2.24, 2.45) is 16.6 Å². The van der Waals surface area contributed by atoms with Gasteiger partial charge in [0, 0.05) is 13.1 Å². The second-order valence-corrected chi connectivity index (χ2v) is 4.89. The minimum atomic E-state index is -0.488. The molecule has 1 amide bonds. The molecular weight excluding hydrogens is 282 g/mol. The summed E-state index contributed by atoms with van der Waals surface area (Å²) in [5.74, 6) is -0.901. The van der Waals surface area contributed by atoms with Crippen molar-refractivity contribution in [3.05, 3.63) is 23.8 Å². The molecule has 8 nitrogen and oxygen atoms in total. The van der Waals surface area contributed by atoms with Gasteiger partial charge in [0.05, 0.1) is 16.9 Å². The molecule has 1 aromatic rings. The number of carbonyl (C=O) groups excluding carboxylic acids is 1. The van der Waals surface area contributed by atoms with Gasteiger partial charge < -0.3 is 16.4 Å². The molecule has 1 aromatic carbocycles. The summed E-state index contributed by atoms with van der Waals surface area (Å²) in [5, 5.41) is 19.8. The van der Waals surface area contributed by atoms with Crippen molar-refractivity contribution in [3.8, 4) is 6.07 Å². The van der Waals surface area contributed by atoms with E-state index in [2.05, 4.69) is 15.4 Å². The fourth-order valence-corrected chi connectivity index (χ4v) is 2.30. The zero-order valence-electron chi connectivity index (χ0n) is 12.0. The normalized spacial score (nSPS) is 14.5. The van der Waals surface area contributed by atoms with E-state index in [0.29, 0.717) is 11.3 Å². The van der Waals surface area contributed by atoms with Crippen LogP contribution in [0.15, 0.2) is 23.3 Å². The summed E-state index contributed by atoms with van der Waals surface area (Å²) >= 11 is 0. The molecule has 6 N–H and O–H groups in total. The number of amidine groups is 1. The molecule has 8 heteroatoms. The largest absolute Gasteiger partial charge is 0.382 e. The number of nitrogens with one attached hydrogen (secondary N) is 2. The third kappa shape index (κ3) is 3.32. The predicted octanol–water partition coefficient (Wildman–Crippen LogP) is 0.613. The van der Waals surface area contributed by atoms with E-state index in [1.807, 2.05) is 0 Å². The van der Waals surface area contributed by atoms with Crippen LogP contribution in [0.5, 0.6) is 0 Å². The average Bonchev–Trinajstić information content (AvgIpc) is 3.01. The number of carbonyl (C=O) groups is 1. The first-order valence-electron chi connectivity index (χ1n) is 6.80. The van der Waals surface area contributed by atoms with Crippen molar-refractivity contribution in [2.45, 2.75) is 12.8 Å². The van der Waals surface area contributed by atoms with Crippen molar-refractivity contribution in [2.75, 3.05) is 23.4 Å². The van der Waals surface area contributed by atoms with Crippen molar-refractivity contribution in [1.29, 1.82) is 10.7 Å². The lowest BCUT2D eigenvalue weighted by atomic mass is 10.1. The first-order chi connectivity index (χ1) is 10.5. The molecular formula is C14H17N7O. The number of hydrogen-bond donors (Lipinski definition) is 4. The second-order valence-electron chi connectivity index (χ2n) is 4.89. The predicted molar refractivity (Wildman–Crippen MR) is 85.0 cm³/mol. The second kappa shape index (κ2) is 6.58. The molecule has 22 heavy (non-hydrogen) atoms. The van der Waals surface area contributed by atoms with Crippen molar-refractivity contribution in [3.63, 3.8) is 0 Å². The number of hydrazone groups is 1. The number of rotatable bonds is 5. The molecule has 1 aliphatic rings. The van der Waals surface area contributed by atoms with Gasteiger partial charge in [-0.2, -0.15) is 10.4 Å². The van der Waals surface area contributed by atoms with Gasteiger partial charge in [0.25, 0.3) is 5.91 Å². The first-order valence-corrected chi connectivity index (χ1v) is 6.80. The lowest BCUT2D eigenvalue weighted by molar-refractivity contribution is 0.100. The maximum absolute atomic E-state index is 11.6. The molecule has 0 unspecified atom stereocenters. The van der Waals surface area contributed by atoms with E-state index in [1.54, 1.807) is 24.3 Å². The van der Waals surface area contributed by atoms with Crippen molar-refractivity contribution in [1.82, 2.24) is 0 Å². The van der Waals surface area contributed by atoms with Gasteiger partial charge in [-0.05, 0) is 31.0 Å². The minimum absolute atomic E-state index is 0.207. The van der Waals surface area contributed by atoms with E-state index < -0.39 is 11.7 Å². The maximum atomic E-state index is 11.6. The Morgan fingerprint density at radius 2 is 2.05 bits per heavy atom. The number of nitrogens with zero attached hydrogens (tertiary/aromatic N) is 3. The third-order valence-electron chi connectivity index (χ3n) is 3.37. The monoisotopic (exact) mass is 299 g/mol. The molecule has 114 valence electrons. The Bertz CT molecular complexity index is 668. The van der Waals surface area contributed by atoms with Gasteiger partial charge in [-0.15, -0.1) is 0 Å². The van der Waals surface area contributed by atoms with Crippen LogP contribution in [0.1, 0.15) is 23.2 Å². The number of primary amides is 1. The average molecular weight is 299 g/mol. The van der Waals surface area contributed by atoms with Gasteiger partial charge in [0.2, 0.25) is 5.71 Å². The standard InChI is InChI=1S/C14H17N7O/c15-8-11(13(16)17)20-19-9-3-4-10(14(18)22)12(7-9)21-5-1-2-6-21/h3-4,7,19H,1-2,5-6H2,(H3,16,17)(H2,18,22)/b20-11+. The number of amides is 1. The van der Waals surface area contributed by atoms with E-state index in [9.17, 15) is 4.79 Å². The van der Waals surface area contributed by atoms with Crippen LogP contribution >= 0.6 is 0 Å². The fraction of sp³-hybridized carbons (Fsp3) is 0.286. The van der Waals surface area contributed by atoms with Gasteiger partial charge in [-0.1, -0.05) is 0 Å². The Morgan fingerprint density at radius 1 is 1.36 bits per heavy atom. The SMILES string of the molecule is N#C/C(=N\Nc1ccc(C(N)=O)c(N2CCCC2)c1)C(=N)N. The Balaban J connectivity index is 2.31. The van der Waals surface area contributed by atoms with Crippen LogP contribution in [-0.4, -0.2) is 30.5 Å². The quantitative estimate of drug-likeness (QED) is 0.357.